The second kappa shape index (κ2) is 8.24. The molecule has 0 radical (unpaired) electrons. The lowest BCUT2D eigenvalue weighted by molar-refractivity contribution is -0.121. The lowest BCUT2D eigenvalue weighted by Gasteiger charge is -2.06. The number of carbonyl (C=O) groups is 1. The smallest absolute Gasteiger partial charge is 0.221 e. The Morgan fingerprint density at radius 1 is 1.05 bits per heavy atom. The van der Waals surface area contributed by atoms with Gasteiger partial charge in [0.1, 0.15) is 18.1 Å². The molecule has 0 saturated heterocycles. The highest BCUT2D eigenvalue weighted by atomic mass is 16.4. The minimum atomic E-state index is -0.0953. The highest BCUT2D eigenvalue weighted by molar-refractivity contribution is 5.76. The molecule has 0 aliphatic heterocycles. The van der Waals surface area contributed by atoms with E-state index in [0.29, 0.717) is 31.8 Å². The van der Waals surface area contributed by atoms with Crippen LogP contribution in [0.1, 0.15) is 23.5 Å². The molecule has 1 amide bonds. The molecular weight excluding hydrogens is 268 g/mol. The number of hydrogen-bond donors (Lipinski definition) is 3. The van der Waals surface area contributed by atoms with Gasteiger partial charge in [0.25, 0.3) is 0 Å². The molecule has 1 aromatic heterocycles. The van der Waals surface area contributed by atoms with Crippen molar-refractivity contribution >= 4 is 5.91 Å². The van der Waals surface area contributed by atoms with Crippen LogP contribution in [0.4, 0.5) is 0 Å². The van der Waals surface area contributed by atoms with E-state index in [0.717, 1.165) is 11.3 Å². The third kappa shape index (κ3) is 5.41. The highest BCUT2D eigenvalue weighted by Gasteiger charge is 2.03. The van der Waals surface area contributed by atoms with Gasteiger partial charge in [-0.25, -0.2) is 0 Å². The second-order valence-corrected chi connectivity index (χ2v) is 4.72. The van der Waals surface area contributed by atoms with Crippen molar-refractivity contribution in [3.05, 3.63) is 59.5 Å². The first-order chi connectivity index (χ1) is 10.3. The highest BCUT2D eigenvalue weighted by Crippen LogP contribution is 2.06. The third-order valence-corrected chi connectivity index (χ3v) is 3.03. The van der Waals surface area contributed by atoms with Crippen LogP contribution in [-0.4, -0.2) is 17.6 Å². The Labute approximate surface area is 124 Å². The number of aliphatic hydroxyl groups is 1. The molecule has 5 nitrogen and oxygen atoms in total. The van der Waals surface area contributed by atoms with E-state index in [4.69, 9.17) is 9.52 Å². The van der Waals surface area contributed by atoms with E-state index in [-0.39, 0.29) is 12.5 Å². The zero-order valence-electron chi connectivity index (χ0n) is 11.8. The molecule has 0 aliphatic rings. The van der Waals surface area contributed by atoms with E-state index < -0.39 is 0 Å². The van der Waals surface area contributed by atoms with Gasteiger partial charge in [0.2, 0.25) is 5.91 Å². The maximum absolute atomic E-state index is 11.7. The Morgan fingerprint density at radius 2 is 1.81 bits per heavy atom. The number of benzene rings is 1. The van der Waals surface area contributed by atoms with Crippen LogP contribution in [0.3, 0.4) is 0 Å². The van der Waals surface area contributed by atoms with Crippen LogP contribution in [0.25, 0.3) is 0 Å². The minimum Gasteiger partial charge on any atom is -0.462 e. The van der Waals surface area contributed by atoms with E-state index in [1.165, 1.54) is 0 Å². The zero-order chi connectivity index (χ0) is 14.9. The number of carbonyl (C=O) groups excluding carboxylic acids is 1. The van der Waals surface area contributed by atoms with Crippen molar-refractivity contribution in [1.29, 1.82) is 0 Å². The summed E-state index contributed by atoms with van der Waals surface area (Å²) in [4.78, 5) is 11.7. The van der Waals surface area contributed by atoms with Gasteiger partial charge in [0.05, 0.1) is 6.54 Å². The van der Waals surface area contributed by atoms with Crippen LogP contribution in [0, 0.1) is 0 Å². The van der Waals surface area contributed by atoms with Crippen molar-refractivity contribution < 1.29 is 14.3 Å². The zero-order valence-corrected chi connectivity index (χ0v) is 11.8. The van der Waals surface area contributed by atoms with Crippen LogP contribution < -0.4 is 10.6 Å². The molecular formula is C16H20N2O3. The molecule has 2 rings (SSSR count). The summed E-state index contributed by atoms with van der Waals surface area (Å²) in [7, 11) is 0. The number of hydrogen-bond acceptors (Lipinski definition) is 4. The van der Waals surface area contributed by atoms with Crippen molar-refractivity contribution in [2.45, 2.75) is 26.1 Å². The fourth-order valence-electron chi connectivity index (χ4n) is 1.90. The quantitative estimate of drug-likeness (QED) is 0.645. The van der Waals surface area contributed by atoms with Crippen molar-refractivity contribution in [3.8, 4) is 0 Å². The Kier molecular flexibility index (Phi) is 5.99. The summed E-state index contributed by atoms with van der Waals surface area (Å²) in [5.41, 5.74) is 1.09. The molecule has 0 saturated carbocycles. The molecule has 1 heterocycles. The molecule has 1 aromatic carbocycles. The largest absolute Gasteiger partial charge is 0.462 e. The Morgan fingerprint density at radius 3 is 2.52 bits per heavy atom. The average molecular weight is 288 g/mol. The first-order valence-corrected chi connectivity index (χ1v) is 6.97. The van der Waals surface area contributed by atoms with Crippen LogP contribution in [-0.2, 0) is 24.5 Å². The van der Waals surface area contributed by atoms with Gasteiger partial charge in [-0.05, 0) is 17.7 Å². The van der Waals surface area contributed by atoms with Crippen LogP contribution in [0.2, 0.25) is 0 Å². The Hall–Kier alpha value is -2.11. The second-order valence-electron chi connectivity index (χ2n) is 4.72. The number of aliphatic hydroxyl groups excluding tert-OH is 1. The van der Waals surface area contributed by atoms with Crippen LogP contribution >= 0.6 is 0 Å². The van der Waals surface area contributed by atoms with E-state index >= 15 is 0 Å². The van der Waals surface area contributed by atoms with E-state index in [1.54, 1.807) is 6.07 Å². The average Bonchev–Trinajstić information content (AvgIpc) is 2.98. The molecule has 0 atom stereocenters. The summed E-state index contributed by atoms with van der Waals surface area (Å²) in [6.07, 6.45) is 0.417. The first kappa shape index (κ1) is 15.3. The molecule has 5 heteroatoms. The van der Waals surface area contributed by atoms with Gasteiger partial charge in [-0.15, -0.1) is 0 Å². The van der Waals surface area contributed by atoms with Gasteiger partial charge >= 0.3 is 0 Å². The molecule has 21 heavy (non-hydrogen) atoms. The normalized spacial score (nSPS) is 10.5. The summed E-state index contributed by atoms with van der Waals surface area (Å²) in [6.45, 7) is 1.58. The molecule has 112 valence electrons. The van der Waals surface area contributed by atoms with E-state index in [1.807, 2.05) is 36.4 Å². The van der Waals surface area contributed by atoms with Gasteiger partial charge in [0.15, 0.2) is 0 Å². The summed E-state index contributed by atoms with van der Waals surface area (Å²) in [5.74, 6) is 1.32. The molecule has 0 spiro atoms. The molecule has 0 unspecified atom stereocenters. The van der Waals surface area contributed by atoms with Crippen molar-refractivity contribution in [2.24, 2.45) is 0 Å². The lowest BCUT2D eigenvalue weighted by Crippen LogP contribution is -2.27. The van der Waals surface area contributed by atoms with E-state index in [2.05, 4.69) is 10.6 Å². The van der Waals surface area contributed by atoms with Crippen LogP contribution in [0.5, 0.6) is 0 Å². The van der Waals surface area contributed by atoms with Crippen molar-refractivity contribution in [2.75, 3.05) is 6.54 Å². The van der Waals surface area contributed by atoms with Gasteiger partial charge in [-0.1, -0.05) is 30.3 Å². The predicted molar refractivity (Wildman–Crippen MR) is 79.2 cm³/mol. The maximum Gasteiger partial charge on any atom is 0.221 e. The molecule has 0 aliphatic carbocycles. The number of nitrogens with one attached hydrogen (secondary N) is 2. The van der Waals surface area contributed by atoms with Gasteiger partial charge in [-0.2, -0.15) is 0 Å². The fourth-order valence-corrected chi connectivity index (χ4v) is 1.90. The molecule has 0 bridgehead atoms. The summed E-state index contributed by atoms with van der Waals surface area (Å²) < 4.78 is 5.33. The van der Waals surface area contributed by atoms with Crippen LogP contribution in [0.15, 0.2) is 46.9 Å². The number of amides is 1. The first-order valence-electron chi connectivity index (χ1n) is 6.97. The SMILES string of the molecule is O=C(CCNCc1ccc(CO)o1)NCc1ccccc1. The molecule has 3 N–H and O–H groups in total. The monoisotopic (exact) mass is 288 g/mol. The topological polar surface area (TPSA) is 74.5 Å². The molecule has 2 aromatic rings. The van der Waals surface area contributed by atoms with Crippen molar-refractivity contribution in [1.82, 2.24) is 10.6 Å². The summed E-state index contributed by atoms with van der Waals surface area (Å²) >= 11 is 0. The van der Waals surface area contributed by atoms with Gasteiger partial charge in [0, 0.05) is 19.5 Å². The summed E-state index contributed by atoms with van der Waals surface area (Å²) in [6, 6.07) is 13.4. The minimum absolute atomic E-state index is 0.0156. The van der Waals surface area contributed by atoms with E-state index in [9.17, 15) is 4.79 Å². The van der Waals surface area contributed by atoms with Gasteiger partial charge < -0.3 is 20.2 Å². The molecule has 0 fully saturated rings. The fraction of sp³-hybridized carbons (Fsp3) is 0.312. The standard InChI is InChI=1S/C16H20N2O3/c19-12-15-7-6-14(21-15)11-17-9-8-16(20)18-10-13-4-2-1-3-5-13/h1-7,17,19H,8-12H2,(H,18,20). The Balaban J connectivity index is 1.59. The maximum atomic E-state index is 11.7. The van der Waals surface area contributed by atoms with Gasteiger partial charge in [-0.3, -0.25) is 4.79 Å². The predicted octanol–water partition coefficient (Wildman–Crippen LogP) is 1.57. The summed E-state index contributed by atoms with van der Waals surface area (Å²) in [5, 5.41) is 14.9. The number of furan rings is 1. The van der Waals surface area contributed by atoms with Crippen molar-refractivity contribution in [3.63, 3.8) is 0 Å². The number of rotatable bonds is 8. The lowest BCUT2D eigenvalue weighted by atomic mass is 10.2. The third-order valence-electron chi connectivity index (χ3n) is 3.03. The Bertz CT molecular complexity index is 552.